The largest absolute Gasteiger partial charge is 0.339 e. The number of nitrogens with zero attached hydrogens (tertiary/aromatic N) is 2. The van der Waals surface area contributed by atoms with Crippen molar-refractivity contribution < 1.29 is 13.7 Å². The van der Waals surface area contributed by atoms with Crippen LogP contribution in [0.3, 0.4) is 0 Å². The predicted octanol–water partition coefficient (Wildman–Crippen LogP) is 3.76. The van der Waals surface area contributed by atoms with Gasteiger partial charge in [-0.1, -0.05) is 23.4 Å². The van der Waals surface area contributed by atoms with Gasteiger partial charge >= 0.3 is 0 Å². The summed E-state index contributed by atoms with van der Waals surface area (Å²) < 4.78 is 18.1. The lowest BCUT2D eigenvalue weighted by Gasteiger charge is -2.06. The van der Waals surface area contributed by atoms with Crippen LogP contribution in [0.15, 0.2) is 53.1 Å². The first-order chi connectivity index (χ1) is 11.6. The molecule has 3 aromatic rings. The summed E-state index contributed by atoms with van der Waals surface area (Å²) in [5.74, 6) is 0.305. The standard InChI is InChI=1S/C18H16FN3O2/c1-12-4-2-3-5-15(12)20-16(23)10-11-17-21-18(22-24-17)13-6-8-14(19)9-7-13/h2-9H,10-11H2,1H3,(H,20,23). The van der Waals surface area contributed by atoms with Crippen molar-refractivity contribution in [1.82, 2.24) is 10.1 Å². The molecule has 0 bridgehead atoms. The Kier molecular flexibility index (Phi) is 4.65. The zero-order chi connectivity index (χ0) is 16.9. The second-order valence-electron chi connectivity index (χ2n) is 5.38. The second kappa shape index (κ2) is 7.04. The summed E-state index contributed by atoms with van der Waals surface area (Å²) in [5.41, 5.74) is 2.46. The maximum atomic E-state index is 12.9. The number of amides is 1. The first-order valence-corrected chi connectivity index (χ1v) is 7.56. The number of hydrogen-bond acceptors (Lipinski definition) is 4. The van der Waals surface area contributed by atoms with E-state index >= 15 is 0 Å². The Morgan fingerprint density at radius 3 is 2.67 bits per heavy atom. The Balaban J connectivity index is 1.58. The number of nitrogens with one attached hydrogen (secondary N) is 1. The molecular formula is C18H16FN3O2. The topological polar surface area (TPSA) is 68.0 Å². The minimum atomic E-state index is -0.324. The van der Waals surface area contributed by atoms with E-state index in [0.717, 1.165) is 11.3 Å². The Morgan fingerprint density at radius 2 is 1.92 bits per heavy atom. The molecule has 6 heteroatoms. The van der Waals surface area contributed by atoms with Gasteiger partial charge in [-0.15, -0.1) is 0 Å². The molecule has 1 amide bonds. The van der Waals surface area contributed by atoms with Crippen LogP contribution in [0.4, 0.5) is 10.1 Å². The minimum Gasteiger partial charge on any atom is -0.339 e. The number of hydrogen-bond donors (Lipinski definition) is 1. The van der Waals surface area contributed by atoms with Crippen LogP contribution in [0.25, 0.3) is 11.4 Å². The molecule has 0 saturated carbocycles. The Hall–Kier alpha value is -3.02. The Bertz CT molecular complexity index is 843. The number of aromatic nitrogens is 2. The molecule has 0 unspecified atom stereocenters. The molecule has 2 aromatic carbocycles. The highest BCUT2D eigenvalue weighted by atomic mass is 19.1. The van der Waals surface area contributed by atoms with Crippen molar-refractivity contribution in [3.8, 4) is 11.4 Å². The summed E-state index contributed by atoms with van der Waals surface area (Å²) in [6.07, 6.45) is 0.575. The fourth-order valence-electron chi connectivity index (χ4n) is 2.22. The summed E-state index contributed by atoms with van der Waals surface area (Å²) in [5, 5.41) is 6.71. The van der Waals surface area contributed by atoms with Crippen molar-refractivity contribution >= 4 is 11.6 Å². The molecule has 1 heterocycles. The van der Waals surface area contributed by atoms with Crippen LogP contribution in [-0.2, 0) is 11.2 Å². The third-order valence-corrected chi connectivity index (χ3v) is 3.56. The molecule has 0 radical (unpaired) electrons. The van der Waals surface area contributed by atoms with Crippen LogP contribution in [-0.4, -0.2) is 16.0 Å². The fraction of sp³-hybridized carbons (Fsp3) is 0.167. The molecule has 1 aromatic heterocycles. The molecule has 0 fully saturated rings. The summed E-state index contributed by atoms with van der Waals surface area (Å²) in [7, 11) is 0. The van der Waals surface area contributed by atoms with Gasteiger partial charge in [0, 0.05) is 24.1 Å². The van der Waals surface area contributed by atoms with Crippen LogP contribution in [0.5, 0.6) is 0 Å². The molecule has 0 aliphatic rings. The molecule has 0 aliphatic heterocycles. The number of carbonyl (C=O) groups excluding carboxylic acids is 1. The predicted molar refractivity (Wildman–Crippen MR) is 87.8 cm³/mol. The van der Waals surface area contributed by atoms with Crippen LogP contribution in [0, 0.1) is 12.7 Å². The number of para-hydroxylation sites is 1. The molecule has 3 rings (SSSR count). The zero-order valence-corrected chi connectivity index (χ0v) is 13.1. The number of benzene rings is 2. The minimum absolute atomic E-state index is 0.120. The van der Waals surface area contributed by atoms with Gasteiger partial charge in [-0.2, -0.15) is 4.98 Å². The molecule has 0 saturated heterocycles. The van der Waals surface area contributed by atoms with Gasteiger partial charge in [0.2, 0.25) is 17.6 Å². The Morgan fingerprint density at radius 1 is 1.17 bits per heavy atom. The van der Waals surface area contributed by atoms with E-state index in [1.165, 1.54) is 12.1 Å². The van der Waals surface area contributed by atoms with Crippen LogP contribution in [0.1, 0.15) is 17.9 Å². The van der Waals surface area contributed by atoms with Crippen molar-refractivity contribution in [2.45, 2.75) is 19.8 Å². The van der Waals surface area contributed by atoms with Gasteiger partial charge < -0.3 is 9.84 Å². The van der Waals surface area contributed by atoms with Crippen LogP contribution in [0.2, 0.25) is 0 Å². The summed E-state index contributed by atoms with van der Waals surface area (Å²) in [6, 6.07) is 13.4. The van der Waals surface area contributed by atoms with Crippen molar-refractivity contribution in [2.24, 2.45) is 0 Å². The third kappa shape index (κ3) is 3.84. The van der Waals surface area contributed by atoms with Gasteiger partial charge in [-0.05, 0) is 42.8 Å². The third-order valence-electron chi connectivity index (χ3n) is 3.56. The molecule has 122 valence electrons. The molecule has 24 heavy (non-hydrogen) atoms. The van der Waals surface area contributed by atoms with E-state index in [1.807, 2.05) is 31.2 Å². The SMILES string of the molecule is Cc1ccccc1NC(=O)CCc1nc(-c2ccc(F)cc2)no1. The smallest absolute Gasteiger partial charge is 0.227 e. The first kappa shape index (κ1) is 15.9. The summed E-state index contributed by atoms with van der Waals surface area (Å²) >= 11 is 0. The molecule has 1 N–H and O–H groups in total. The maximum Gasteiger partial charge on any atom is 0.227 e. The quantitative estimate of drug-likeness (QED) is 0.775. The van der Waals surface area contributed by atoms with Gasteiger partial charge in [0.15, 0.2) is 0 Å². The monoisotopic (exact) mass is 325 g/mol. The van der Waals surface area contributed by atoms with Crippen molar-refractivity contribution in [1.29, 1.82) is 0 Å². The summed E-state index contributed by atoms with van der Waals surface area (Å²) in [4.78, 5) is 16.2. The van der Waals surface area contributed by atoms with Crippen LogP contribution >= 0.6 is 0 Å². The van der Waals surface area contributed by atoms with E-state index in [4.69, 9.17) is 4.52 Å². The molecule has 0 atom stereocenters. The van der Waals surface area contributed by atoms with E-state index in [0.29, 0.717) is 23.7 Å². The molecule has 0 aliphatic carbocycles. The lowest BCUT2D eigenvalue weighted by atomic mass is 10.2. The average molecular weight is 325 g/mol. The van der Waals surface area contributed by atoms with Gasteiger partial charge in [0.05, 0.1) is 0 Å². The van der Waals surface area contributed by atoms with E-state index in [1.54, 1.807) is 12.1 Å². The first-order valence-electron chi connectivity index (χ1n) is 7.56. The molecule has 0 spiro atoms. The second-order valence-corrected chi connectivity index (χ2v) is 5.38. The van der Waals surface area contributed by atoms with Gasteiger partial charge in [-0.25, -0.2) is 4.39 Å². The highest BCUT2D eigenvalue weighted by Gasteiger charge is 2.11. The fourth-order valence-corrected chi connectivity index (χ4v) is 2.22. The average Bonchev–Trinajstić information content (AvgIpc) is 3.05. The van der Waals surface area contributed by atoms with E-state index in [9.17, 15) is 9.18 Å². The molecule has 5 nitrogen and oxygen atoms in total. The number of aryl methyl sites for hydroxylation is 2. The zero-order valence-electron chi connectivity index (χ0n) is 13.1. The van der Waals surface area contributed by atoms with Crippen molar-refractivity contribution in [3.05, 3.63) is 65.8 Å². The maximum absolute atomic E-state index is 12.9. The molecular weight excluding hydrogens is 309 g/mol. The van der Waals surface area contributed by atoms with E-state index < -0.39 is 0 Å². The lowest BCUT2D eigenvalue weighted by molar-refractivity contribution is -0.116. The normalized spacial score (nSPS) is 10.6. The van der Waals surface area contributed by atoms with Gasteiger partial charge in [-0.3, -0.25) is 4.79 Å². The number of halogens is 1. The lowest BCUT2D eigenvalue weighted by Crippen LogP contribution is -2.13. The Labute approximate surface area is 138 Å². The van der Waals surface area contributed by atoms with Gasteiger partial charge in [0.25, 0.3) is 0 Å². The highest BCUT2D eigenvalue weighted by molar-refractivity contribution is 5.91. The van der Waals surface area contributed by atoms with E-state index in [2.05, 4.69) is 15.5 Å². The number of anilines is 1. The summed E-state index contributed by atoms with van der Waals surface area (Å²) in [6.45, 7) is 1.93. The van der Waals surface area contributed by atoms with Crippen LogP contribution < -0.4 is 5.32 Å². The van der Waals surface area contributed by atoms with Gasteiger partial charge in [0.1, 0.15) is 5.82 Å². The number of rotatable bonds is 5. The highest BCUT2D eigenvalue weighted by Crippen LogP contribution is 2.17. The van der Waals surface area contributed by atoms with Crippen molar-refractivity contribution in [3.63, 3.8) is 0 Å². The van der Waals surface area contributed by atoms with Crippen molar-refractivity contribution in [2.75, 3.05) is 5.32 Å². The van der Waals surface area contributed by atoms with E-state index in [-0.39, 0.29) is 18.1 Å². The number of carbonyl (C=O) groups is 1.